The van der Waals surface area contributed by atoms with Gasteiger partial charge >= 0.3 is 12.1 Å². The molecule has 23 heavy (non-hydrogen) atoms. The summed E-state index contributed by atoms with van der Waals surface area (Å²) >= 11 is 0. The molecule has 5 nitrogen and oxygen atoms in total. The lowest BCUT2D eigenvalue weighted by molar-refractivity contribution is -0.192. The van der Waals surface area contributed by atoms with Crippen LogP contribution in [0.1, 0.15) is 24.5 Å². The Labute approximate surface area is 131 Å². The number of rotatable bonds is 2. The number of fused-ring (bicyclic) bond motifs is 1. The Morgan fingerprint density at radius 2 is 1.83 bits per heavy atom. The number of hydrogen-bond acceptors (Lipinski definition) is 3. The Balaban J connectivity index is 0.000000322. The van der Waals surface area contributed by atoms with E-state index in [-0.39, 0.29) is 11.9 Å². The quantitative estimate of drug-likeness (QED) is 0.867. The first-order valence-electron chi connectivity index (χ1n) is 7.01. The predicted molar refractivity (Wildman–Crippen MR) is 77.5 cm³/mol. The summed E-state index contributed by atoms with van der Waals surface area (Å²) in [4.78, 5) is 22.7. The molecule has 1 aromatic carbocycles. The van der Waals surface area contributed by atoms with E-state index in [2.05, 4.69) is 18.2 Å². The molecular formula is C15H19F3N2O3. The summed E-state index contributed by atoms with van der Waals surface area (Å²) in [5.41, 5.74) is 8.29. The maximum Gasteiger partial charge on any atom is 0.490 e. The zero-order chi connectivity index (χ0) is 17.6. The van der Waals surface area contributed by atoms with Gasteiger partial charge in [0.05, 0.1) is 0 Å². The highest BCUT2D eigenvalue weighted by Crippen LogP contribution is 2.19. The first-order valence-corrected chi connectivity index (χ1v) is 7.01. The molecule has 0 aromatic heterocycles. The molecule has 0 unspecified atom stereocenters. The van der Waals surface area contributed by atoms with E-state index < -0.39 is 12.1 Å². The third kappa shape index (κ3) is 6.27. The molecule has 0 spiro atoms. The zero-order valence-electron chi connectivity index (χ0n) is 12.6. The molecule has 1 atom stereocenters. The van der Waals surface area contributed by atoms with Crippen molar-refractivity contribution in [2.45, 2.75) is 38.5 Å². The number of carboxylic acids is 1. The van der Waals surface area contributed by atoms with Crippen molar-refractivity contribution in [1.82, 2.24) is 4.90 Å². The Hall–Kier alpha value is -2.09. The van der Waals surface area contributed by atoms with Gasteiger partial charge in [-0.25, -0.2) is 4.79 Å². The SMILES string of the molecule is C[C@H](N)CC(=O)N1CCc2ccccc2C1.O=C(O)C(F)(F)F. The summed E-state index contributed by atoms with van der Waals surface area (Å²) in [6.45, 7) is 3.43. The molecule has 0 saturated carbocycles. The van der Waals surface area contributed by atoms with Gasteiger partial charge in [-0.2, -0.15) is 13.2 Å². The molecule has 8 heteroatoms. The van der Waals surface area contributed by atoms with Crippen molar-refractivity contribution in [2.24, 2.45) is 5.73 Å². The van der Waals surface area contributed by atoms with Crippen LogP contribution < -0.4 is 5.73 Å². The molecule has 128 valence electrons. The summed E-state index contributed by atoms with van der Waals surface area (Å²) in [6.07, 6.45) is -3.68. The van der Waals surface area contributed by atoms with Crippen LogP contribution in [-0.2, 0) is 22.6 Å². The van der Waals surface area contributed by atoms with Crippen LogP contribution in [0.3, 0.4) is 0 Å². The van der Waals surface area contributed by atoms with E-state index >= 15 is 0 Å². The van der Waals surface area contributed by atoms with E-state index in [4.69, 9.17) is 15.6 Å². The molecule has 1 aliphatic rings. The zero-order valence-corrected chi connectivity index (χ0v) is 12.6. The molecule has 1 aromatic rings. The van der Waals surface area contributed by atoms with Crippen LogP contribution >= 0.6 is 0 Å². The smallest absolute Gasteiger partial charge is 0.475 e. The van der Waals surface area contributed by atoms with Crippen LogP contribution in [0.2, 0.25) is 0 Å². The molecule has 3 N–H and O–H groups in total. The fraction of sp³-hybridized carbons (Fsp3) is 0.467. The number of nitrogens with zero attached hydrogens (tertiary/aromatic N) is 1. The Kier molecular flexibility index (Phi) is 6.56. The lowest BCUT2D eigenvalue weighted by atomic mass is 9.99. The largest absolute Gasteiger partial charge is 0.490 e. The fourth-order valence-electron chi connectivity index (χ4n) is 2.11. The number of halogens is 3. The lowest BCUT2D eigenvalue weighted by Crippen LogP contribution is -2.38. The first-order chi connectivity index (χ1) is 10.6. The standard InChI is InChI=1S/C13H18N2O.C2HF3O2/c1-10(14)8-13(16)15-7-6-11-4-2-3-5-12(11)9-15;3-2(4,5)1(6)7/h2-5,10H,6-9,14H2,1H3;(H,6,7)/t10-;/m0./s1. The molecule has 0 bridgehead atoms. The summed E-state index contributed by atoms with van der Waals surface area (Å²) in [6, 6.07) is 8.27. The minimum absolute atomic E-state index is 0.0512. The van der Waals surface area contributed by atoms with Gasteiger partial charge in [0.15, 0.2) is 0 Å². The molecule has 1 heterocycles. The van der Waals surface area contributed by atoms with Crippen molar-refractivity contribution in [3.05, 3.63) is 35.4 Å². The van der Waals surface area contributed by atoms with Crippen molar-refractivity contribution in [1.29, 1.82) is 0 Å². The topological polar surface area (TPSA) is 83.6 Å². The van der Waals surface area contributed by atoms with Gasteiger partial charge in [0.25, 0.3) is 0 Å². The van der Waals surface area contributed by atoms with Gasteiger partial charge in [-0.15, -0.1) is 0 Å². The Morgan fingerprint density at radius 3 is 2.30 bits per heavy atom. The minimum Gasteiger partial charge on any atom is -0.475 e. The molecule has 0 aliphatic carbocycles. The van der Waals surface area contributed by atoms with Crippen LogP contribution in [0.5, 0.6) is 0 Å². The fourth-order valence-corrected chi connectivity index (χ4v) is 2.11. The lowest BCUT2D eigenvalue weighted by Gasteiger charge is -2.29. The molecule has 1 aliphatic heterocycles. The van der Waals surface area contributed by atoms with E-state index in [0.29, 0.717) is 6.42 Å². The molecule has 1 amide bonds. The highest BCUT2D eigenvalue weighted by Gasteiger charge is 2.38. The van der Waals surface area contributed by atoms with Crippen LogP contribution in [0.25, 0.3) is 0 Å². The van der Waals surface area contributed by atoms with E-state index in [9.17, 15) is 18.0 Å². The normalized spacial score (nSPS) is 15.1. The van der Waals surface area contributed by atoms with Crippen LogP contribution in [0.15, 0.2) is 24.3 Å². The highest BCUT2D eigenvalue weighted by atomic mass is 19.4. The number of carbonyl (C=O) groups is 2. The highest BCUT2D eigenvalue weighted by molar-refractivity contribution is 5.77. The number of carbonyl (C=O) groups excluding carboxylic acids is 1. The van der Waals surface area contributed by atoms with Gasteiger partial charge in [-0.3, -0.25) is 4.79 Å². The maximum absolute atomic E-state index is 11.9. The van der Waals surface area contributed by atoms with Crippen LogP contribution in [-0.4, -0.2) is 40.6 Å². The molecule has 0 fully saturated rings. The number of hydrogen-bond donors (Lipinski definition) is 2. The van der Waals surface area contributed by atoms with Gasteiger partial charge in [0, 0.05) is 25.6 Å². The monoisotopic (exact) mass is 332 g/mol. The van der Waals surface area contributed by atoms with Gasteiger partial charge in [0.2, 0.25) is 5.91 Å². The number of amides is 1. The third-order valence-corrected chi connectivity index (χ3v) is 3.22. The summed E-state index contributed by atoms with van der Waals surface area (Å²) in [5.74, 6) is -2.59. The number of benzene rings is 1. The van der Waals surface area contributed by atoms with E-state index in [1.165, 1.54) is 11.1 Å². The first kappa shape index (κ1) is 19.0. The molecule has 2 rings (SSSR count). The van der Waals surface area contributed by atoms with Gasteiger partial charge in [-0.05, 0) is 24.5 Å². The van der Waals surface area contributed by atoms with Crippen LogP contribution in [0, 0.1) is 0 Å². The van der Waals surface area contributed by atoms with Crippen molar-refractivity contribution >= 4 is 11.9 Å². The molecule has 0 radical (unpaired) electrons. The Bertz CT molecular complexity index is 559. The Morgan fingerprint density at radius 1 is 1.30 bits per heavy atom. The summed E-state index contributed by atoms with van der Waals surface area (Å²) < 4.78 is 31.7. The molecule has 0 saturated heterocycles. The van der Waals surface area contributed by atoms with E-state index in [1.54, 1.807) is 0 Å². The number of carboxylic acid groups (broad SMARTS) is 1. The predicted octanol–water partition coefficient (Wildman–Crippen LogP) is 1.94. The van der Waals surface area contributed by atoms with Gasteiger partial charge in [-0.1, -0.05) is 24.3 Å². The second-order valence-electron chi connectivity index (χ2n) is 5.32. The van der Waals surface area contributed by atoms with Crippen molar-refractivity contribution in [2.75, 3.05) is 6.54 Å². The average Bonchev–Trinajstić information content (AvgIpc) is 2.45. The minimum atomic E-state index is -5.08. The van der Waals surface area contributed by atoms with Crippen LogP contribution in [0.4, 0.5) is 13.2 Å². The number of alkyl halides is 3. The van der Waals surface area contributed by atoms with Crippen molar-refractivity contribution < 1.29 is 27.9 Å². The van der Waals surface area contributed by atoms with Crippen molar-refractivity contribution in [3.63, 3.8) is 0 Å². The summed E-state index contributed by atoms with van der Waals surface area (Å²) in [7, 11) is 0. The number of aliphatic carboxylic acids is 1. The third-order valence-electron chi connectivity index (χ3n) is 3.22. The van der Waals surface area contributed by atoms with E-state index in [0.717, 1.165) is 19.5 Å². The molecular weight excluding hydrogens is 313 g/mol. The van der Waals surface area contributed by atoms with Crippen molar-refractivity contribution in [3.8, 4) is 0 Å². The second kappa shape index (κ2) is 7.96. The van der Waals surface area contributed by atoms with Gasteiger partial charge in [0.1, 0.15) is 0 Å². The maximum atomic E-state index is 11.9. The van der Waals surface area contributed by atoms with Gasteiger partial charge < -0.3 is 15.7 Å². The van der Waals surface area contributed by atoms with E-state index in [1.807, 2.05) is 17.9 Å². The average molecular weight is 332 g/mol. The second-order valence-corrected chi connectivity index (χ2v) is 5.32. The summed E-state index contributed by atoms with van der Waals surface area (Å²) in [5, 5.41) is 7.12. The number of nitrogens with two attached hydrogens (primary N) is 1.